The van der Waals surface area contributed by atoms with Crippen molar-refractivity contribution in [1.82, 2.24) is 14.8 Å². The standard InChI is InChI=1S/C17H14N4O2/c1-23-11-7-8-13-12(9-11)15-14(17(22)19-13)16(18)21(20-15)10-5-3-2-4-6-10/h2-9H,18H2,1H3,(H,19,22). The number of pyridine rings is 1. The van der Waals surface area contributed by atoms with E-state index >= 15 is 0 Å². The Balaban J connectivity index is 2.14. The number of methoxy groups -OCH3 is 1. The first-order valence-electron chi connectivity index (χ1n) is 7.12. The summed E-state index contributed by atoms with van der Waals surface area (Å²) in [5.74, 6) is 1.01. The lowest BCUT2D eigenvalue weighted by Gasteiger charge is -2.02. The summed E-state index contributed by atoms with van der Waals surface area (Å²) in [6.07, 6.45) is 0. The third-order valence-electron chi connectivity index (χ3n) is 3.88. The van der Waals surface area contributed by atoms with Gasteiger partial charge in [-0.05, 0) is 30.3 Å². The van der Waals surface area contributed by atoms with Crippen LogP contribution in [0, 0.1) is 0 Å². The first-order chi connectivity index (χ1) is 11.2. The smallest absolute Gasteiger partial charge is 0.261 e. The van der Waals surface area contributed by atoms with Crippen LogP contribution < -0.4 is 16.0 Å². The van der Waals surface area contributed by atoms with E-state index in [4.69, 9.17) is 10.5 Å². The normalized spacial score (nSPS) is 11.2. The quantitative estimate of drug-likeness (QED) is 0.595. The molecule has 0 atom stereocenters. The molecule has 0 fully saturated rings. The van der Waals surface area contributed by atoms with Crippen molar-refractivity contribution < 1.29 is 4.74 Å². The minimum absolute atomic E-state index is 0.252. The van der Waals surface area contributed by atoms with Gasteiger partial charge in [-0.3, -0.25) is 4.79 Å². The third kappa shape index (κ3) is 1.96. The Hall–Kier alpha value is -3.28. The van der Waals surface area contributed by atoms with E-state index in [1.807, 2.05) is 36.4 Å². The van der Waals surface area contributed by atoms with Gasteiger partial charge < -0.3 is 15.5 Å². The van der Waals surface area contributed by atoms with Gasteiger partial charge in [-0.1, -0.05) is 18.2 Å². The molecule has 6 heteroatoms. The summed E-state index contributed by atoms with van der Waals surface area (Å²) in [5.41, 5.74) is 7.99. The number of nitrogen functional groups attached to an aromatic ring is 1. The number of nitrogens with two attached hydrogens (primary N) is 1. The number of benzene rings is 2. The van der Waals surface area contributed by atoms with Crippen LogP contribution in [0.2, 0.25) is 0 Å². The van der Waals surface area contributed by atoms with Crippen LogP contribution in [0.4, 0.5) is 5.82 Å². The molecule has 3 N–H and O–H groups in total. The maximum Gasteiger partial charge on any atom is 0.261 e. The van der Waals surface area contributed by atoms with Gasteiger partial charge in [0.15, 0.2) is 0 Å². The summed E-state index contributed by atoms with van der Waals surface area (Å²) in [6.45, 7) is 0. The van der Waals surface area contributed by atoms with Crippen LogP contribution in [0.1, 0.15) is 0 Å². The highest BCUT2D eigenvalue weighted by Gasteiger charge is 2.16. The van der Waals surface area contributed by atoms with Gasteiger partial charge in [0.05, 0.1) is 18.3 Å². The van der Waals surface area contributed by atoms with Crippen molar-refractivity contribution in [3.05, 3.63) is 58.9 Å². The van der Waals surface area contributed by atoms with Gasteiger partial charge >= 0.3 is 0 Å². The molecule has 0 unspecified atom stereocenters. The molecular weight excluding hydrogens is 292 g/mol. The zero-order valence-electron chi connectivity index (χ0n) is 12.4. The summed E-state index contributed by atoms with van der Waals surface area (Å²) in [5, 5.41) is 5.74. The molecule has 2 aromatic carbocycles. The average Bonchev–Trinajstić information content (AvgIpc) is 2.94. The maximum absolute atomic E-state index is 12.4. The van der Waals surface area contributed by atoms with E-state index in [1.165, 1.54) is 0 Å². The van der Waals surface area contributed by atoms with Crippen molar-refractivity contribution in [1.29, 1.82) is 0 Å². The van der Waals surface area contributed by atoms with Crippen molar-refractivity contribution in [3.8, 4) is 11.4 Å². The van der Waals surface area contributed by atoms with Crippen LogP contribution in [0.3, 0.4) is 0 Å². The molecule has 23 heavy (non-hydrogen) atoms. The highest BCUT2D eigenvalue weighted by molar-refractivity contribution is 6.07. The van der Waals surface area contributed by atoms with Crippen molar-refractivity contribution in [2.45, 2.75) is 0 Å². The fraction of sp³-hybridized carbons (Fsp3) is 0.0588. The van der Waals surface area contributed by atoms with Gasteiger partial charge in [0.25, 0.3) is 5.56 Å². The SMILES string of the molecule is COc1ccc2[nH]c(=O)c3c(N)n(-c4ccccc4)nc3c2c1. The second-order valence-electron chi connectivity index (χ2n) is 5.22. The van der Waals surface area contributed by atoms with E-state index in [0.29, 0.717) is 28.0 Å². The third-order valence-corrected chi connectivity index (χ3v) is 3.88. The summed E-state index contributed by atoms with van der Waals surface area (Å²) >= 11 is 0. The monoisotopic (exact) mass is 306 g/mol. The molecule has 0 saturated carbocycles. The van der Waals surface area contributed by atoms with Crippen LogP contribution in [0.25, 0.3) is 27.5 Å². The van der Waals surface area contributed by atoms with Gasteiger partial charge in [0.1, 0.15) is 22.5 Å². The fourth-order valence-electron chi connectivity index (χ4n) is 2.75. The largest absolute Gasteiger partial charge is 0.497 e. The maximum atomic E-state index is 12.4. The zero-order chi connectivity index (χ0) is 16.0. The van der Waals surface area contributed by atoms with Crippen LogP contribution in [0.5, 0.6) is 5.75 Å². The number of aromatic amines is 1. The van der Waals surface area contributed by atoms with Gasteiger partial charge in [0.2, 0.25) is 0 Å². The van der Waals surface area contributed by atoms with E-state index in [-0.39, 0.29) is 5.56 Å². The topological polar surface area (TPSA) is 85.9 Å². The van der Waals surface area contributed by atoms with Gasteiger partial charge in [-0.25, -0.2) is 4.68 Å². The number of nitrogens with zero attached hydrogens (tertiary/aromatic N) is 2. The fourth-order valence-corrected chi connectivity index (χ4v) is 2.75. The van der Waals surface area contributed by atoms with Crippen molar-refractivity contribution in [2.75, 3.05) is 12.8 Å². The minimum atomic E-state index is -0.252. The predicted octanol–water partition coefficient (Wildman–Crippen LogP) is 2.46. The van der Waals surface area contributed by atoms with Crippen molar-refractivity contribution in [2.24, 2.45) is 0 Å². The lowest BCUT2D eigenvalue weighted by molar-refractivity contribution is 0.415. The Kier molecular flexibility index (Phi) is 2.84. The van der Waals surface area contributed by atoms with E-state index in [9.17, 15) is 4.79 Å². The van der Waals surface area contributed by atoms with E-state index in [0.717, 1.165) is 11.1 Å². The first-order valence-corrected chi connectivity index (χ1v) is 7.12. The first kappa shape index (κ1) is 13.4. The molecule has 4 aromatic rings. The Bertz CT molecular complexity index is 1080. The van der Waals surface area contributed by atoms with Crippen LogP contribution in [-0.4, -0.2) is 21.9 Å². The number of para-hydroxylation sites is 1. The van der Waals surface area contributed by atoms with Gasteiger partial charge in [0, 0.05) is 5.39 Å². The van der Waals surface area contributed by atoms with Crippen LogP contribution in [0.15, 0.2) is 53.3 Å². The number of aromatic nitrogens is 3. The average molecular weight is 306 g/mol. The molecule has 0 spiro atoms. The minimum Gasteiger partial charge on any atom is -0.497 e. The number of anilines is 1. The van der Waals surface area contributed by atoms with Crippen LogP contribution in [-0.2, 0) is 0 Å². The molecule has 2 aromatic heterocycles. The highest BCUT2D eigenvalue weighted by atomic mass is 16.5. The Morgan fingerprint density at radius 2 is 1.96 bits per heavy atom. The molecule has 0 aliphatic rings. The highest BCUT2D eigenvalue weighted by Crippen LogP contribution is 2.28. The van der Waals surface area contributed by atoms with E-state index in [1.54, 1.807) is 23.9 Å². The lowest BCUT2D eigenvalue weighted by atomic mass is 10.1. The summed E-state index contributed by atoms with van der Waals surface area (Å²) in [6, 6.07) is 14.9. The Morgan fingerprint density at radius 3 is 2.70 bits per heavy atom. The predicted molar refractivity (Wildman–Crippen MR) is 90.2 cm³/mol. The Morgan fingerprint density at radius 1 is 1.17 bits per heavy atom. The molecule has 0 saturated heterocycles. The van der Waals surface area contributed by atoms with E-state index in [2.05, 4.69) is 10.1 Å². The lowest BCUT2D eigenvalue weighted by Crippen LogP contribution is -2.08. The van der Waals surface area contributed by atoms with Gasteiger partial charge in [-0.15, -0.1) is 0 Å². The molecule has 2 heterocycles. The molecule has 0 aliphatic heterocycles. The number of rotatable bonds is 2. The van der Waals surface area contributed by atoms with Crippen molar-refractivity contribution in [3.63, 3.8) is 0 Å². The van der Waals surface area contributed by atoms with E-state index < -0.39 is 0 Å². The summed E-state index contributed by atoms with van der Waals surface area (Å²) in [7, 11) is 1.60. The number of hydrogen-bond donors (Lipinski definition) is 2. The van der Waals surface area contributed by atoms with Gasteiger partial charge in [-0.2, -0.15) is 5.10 Å². The van der Waals surface area contributed by atoms with Crippen LogP contribution >= 0.6 is 0 Å². The molecule has 0 radical (unpaired) electrons. The Labute approximate surface area is 131 Å². The number of nitrogens with one attached hydrogen (secondary N) is 1. The summed E-state index contributed by atoms with van der Waals surface area (Å²) in [4.78, 5) is 15.2. The number of hydrogen-bond acceptors (Lipinski definition) is 4. The molecule has 6 nitrogen and oxygen atoms in total. The zero-order valence-corrected chi connectivity index (χ0v) is 12.4. The molecule has 4 rings (SSSR count). The molecule has 114 valence electrons. The molecule has 0 amide bonds. The summed E-state index contributed by atoms with van der Waals surface area (Å²) < 4.78 is 6.85. The molecule has 0 bridgehead atoms. The second-order valence-corrected chi connectivity index (χ2v) is 5.22. The number of ether oxygens (including phenoxy) is 1. The molecule has 0 aliphatic carbocycles. The second kappa shape index (κ2) is 4.88. The molecular formula is C17H14N4O2. The number of fused-ring (bicyclic) bond motifs is 3. The number of H-pyrrole nitrogens is 1. The van der Waals surface area contributed by atoms with Crippen molar-refractivity contribution >= 4 is 27.6 Å².